The topological polar surface area (TPSA) is 112 Å². The van der Waals surface area contributed by atoms with E-state index in [2.05, 4.69) is 41.6 Å². The molecule has 0 aliphatic rings. The number of nitrogens with one attached hydrogen (secondary N) is 1. The lowest BCUT2D eigenvalue weighted by Gasteiger charge is -2.10. The summed E-state index contributed by atoms with van der Waals surface area (Å²) < 4.78 is 10.8. The second-order valence-electron chi connectivity index (χ2n) is 4.62. The Morgan fingerprint density at radius 3 is 2.46 bits per heavy atom. The first-order valence-corrected chi connectivity index (χ1v) is 8.03. The first kappa shape index (κ1) is 18.1. The fourth-order valence-electron chi connectivity index (χ4n) is 1.73. The molecule has 1 aromatic carbocycles. The Balaban J connectivity index is 1.95. The summed E-state index contributed by atoms with van der Waals surface area (Å²) >= 11 is 6.66. The van der Waals surface area contributed by atoms with Gasteiger partial charge in [0.1, 0.15) is 4.92 Å². The minimum atomic E-state index is -0.972. The molecule has 0 atom stereocenters. The van der Waals surface area contributed by atoms with Gasteiger partial charge in [-0.2, -0.15) is 0 Å². The van der Waals surface area contributed by atoms with Gasteiger partial charge in [0.15, 0.2) is 6.61 Å². The summed E-state index contributed by atoms with van der Waals surface area (Å²) in [6.45, 7) is 1.32. The van der Waals surface area contributed by atoms with Crippen LogP contribution in [-0.2, 0) is 9.53 Å². The van der Waals surface area contributed by atoms with Crippen LogP contribution in [0, 0.1) is 17.0 Å². The van der Waals surface area contributed by atoms with Gasteiger partial charge in [-0.05, 0) is 62.5 Å². The maximum atomic E-state index is 11.9. The van der Waals surface area contributed by atoms with Gasteiger partial charge in [0.2, 0.25) is 5.76 Å². The summed E-state index contributed by atoms with van der Waals surface area (Å²) in [5, 5.41) is 13.1. The highest BCUT2D eigenvalue weighted by molar-refractivity contribution is 9.11. The van der Waals surface area contributed by atoms with E-state index in [1.807, 2.05) is 19.1 Å². The molecule has 0 unspecified atom stereocenters. The third-order valence-corrected chi connectivity index (χ3v) is 4.01. The van der Waals surface area contributed by atoms with Crippen LogP contribution in [-0.4, -0.2) is 23.4 Å². The highest BCUT2D eigenvalue weighted by Crippen LogP contribution is 2.32. The number of carbonyl (C=O) groups excluding carboxylic acids is 2. The van der Waals surface area contributed by atoms with E-state index in [4.69, 9.17) is 4.74 Å². The van der Waals surface area contributed by atoms with Gasteiger partial charge in [0.05, 0.1) is 11.8 Å². The van der Waals surface area contributed by atoms with Crippen molar-refractivity contribution in [2.45, 2.75) is 6.92 Å². The lowest BCUT2D eigenvalue weighted by atomic mass is 10.2. The number of aryl methyl sites for hydroxylation is 1. The summed E-state index contributed by atoms with van der Waals surface area (Å²) in [5.74, 6) is -2.49. The molecule has 0 aliphatic carbocycles. The van der Waals surface area contributed by atoms with Crippen LogP contribution < -0.4 is 5.32 Å². The highest BCUT2D eigenvalue weighted by atomic mass is 79.9. The molecule has 10 heteroatoms. The van der Waals surface area contributed by atoms with Crippen LogP contribution >= 0.6 is 31.9 Å². The first-order valence-electron chi connectivity index (χ1n) is 6.44. The minimum Gasteiger partial charge on any atom is -0.450 e. The number of ether oxygens (including phenoxy) is 1. The number of esters is 1. The van der Waals surface area contributed by atoms with Crippen molar-refractivity contribution in [2.75, 3.05) is 11.9 Å². The summed E-state index contributed by atoms with van der Waals surface area (Å²) in [4.78, 5) is 33.3. The van der Waals surface area contributed by atoms with E-state index in [1.54, 1.807) is 0 Å². The van der Waals surface area contributed by atoms with Crippen LogP contribution in [0.1, 0.15) is 16.1 Å². The predicted molar refractivity (Wildman–Crippen MR) is 90.9 cm³/mol. The second-order valence-corrected chi connectivity index (χ2v) is 6.33. The molecular weight excluding hydrogens is 452 g/mol. The van der Waals surface area contributed by atoms with E-state index in [1.165, 1.54) is 0 Å². The number of rotatable bonds is 5. The molecule has 2 rings (SSSR count). The van der Waals surface area contributed by atoms with Crippen LogP contribution in [0.4, 0.5) is 11.6 Å². The molecule has 126 valence electrons. The number of anilines is 1. The van der Waals surface area contributed by atoms with E-state index >= 15 is 0 Å². The van der Waals surface area contributed by atoms with Crippen molar-refractivity contribution in [1.29, 1.82) is 0 Å². The molecular formula is C14H10Br2N2O6. The molecule has 24 heavy (non-hydrogen) atoms. The van der Waals surface area contributed by atoms with Gasteiger partial charge in [0.25, 0.3) is 5.91 Å². The molecule has 0 radical (unpaired) electrons. The van der Waals surface area contributed by atoms with Crippen LogP contribution in [0.2, 0.25) is 0 Å². The number of furan rings is 1. The Labute approximate surface area is 152 Å². The number of nitro groups is 1. The fourth-order valence-corrected chi connectivity index (χ4v) is 3.35. The Morgan fingerprint density at radius 1 is 1.29 bits per heavy atom. The molecule has 8 nitrogen and oxygen atoms in total. The van der Waals surface area contributed by atoms with E-state index < -0.39 is 29.3 Å². The Kier molecular flexibility index (Phi) is 5.73. The van der Waals surface area contributed by atoms with Gasteiger partial charge in [0, 0.05) is 8.95 Å². The third kappa shape index (κ3) is 4.42. The average Bonchev–Trinajstić information content (AvgIpc) is 2.98. The normalized spacial score (nSPS) is 10.3. The SMILES string of the molecule is Cc1cc(Br)c(NC(=O)COC(=O)c2ccc([N+](=O)[O-])o2)c(Br)c1. The van der Waals surface area contributed by atoms with Gasteiger partial charge in [-0.1, -0.05) is 0 Å². The van der Waals surface area contributed by atoms with Gasteiger partial charge in [-0.25, -0.2) is 4.79 Å². The maximum absolute atomic E-state index is 11.9. The molecule has 1 amide bonds. The number of hydrogen-bond donors (Lipinski definition) is 1. The Hall–Kier alpha value is -2.20. The van der Waals surface area contributed by atoms with Crippen LogP contribution in [0.5, 0.6) is 0 Å². The zero-order valence-corrected chi connectivity index (χ0v) is 15.3. The van der Waals surface area contributed by atoms with Gasteiger partial charge in [-0.15, -0.1) is 0 Å². The predicted octanol–water partition coefficient (Wildman–Crippen LogP) is 3.82. The van der Waals surface area contributed by atoms with Crippen molar-refractivity contribution >= 4 is 55.3 Å². The third-order valence-electron chi connectivity index (χ3n) is 2.76. The Bertz CT molecular complexity index is 794. The molecule has 0 saturated carbocycles. The van der Waals surface area contributed by atoms with Crippen molar-refractivity contribution in [2.24, 2.45) is 0 Å². The van der Waals surface area contributed by atoms with Crippen LogP contribution in [0.3, 0.4) is 0 Å². The average molecular weight is 462 g/mol. The molecule has 0 saturated heterocycles. The molecule has 2 aromatic rings. The minimum absolute atomic E-state index is 0.354. The maximum Gasteiger partial charge on any atom is 0.433 e. The van der Waals surface area contributed by atoms with E-state index in [0.717, 1.165) is 17.7 Å². The zero-order chi connectivity index (χ0) is 17.9. The van der Waals surface area contributed by atoms with Crippen molar-refractivity contribution in [1.82, 2.24) is 0 Å². The smallest absolute Gasteiger partial charge is 0.433 e. The molecule has 0 bridgehead atoms. The van der Waals surface area contributed by atoms with Crippen molar-refractivity contribution in [3.63, 3.8) is 0 Å². The number of carbonyl (C=O) groups is 2. The van der Waals surface area contributed by atoms with Crippen LogP contribution in [0.25, 0.3) is 0 Å². The Morgan fingerprint density at radius 2 is 1.92 bits per heavy atom. The quantitative estimate of drug-likeness (QED) is 0.411. The molecule has 0 aliphatic heterocycles. The molecule has 0 spiro atoms. The van der Waals surface area contributed by atoms with Crippen molar-refractivity contribution < 1.29 is 23.7 Å². The summed E-state index contributed by atoms with van der Waals surface area (Å²) in [6, 6.07) is 5.76. The second kappa shape index (κ2) is 7.58. The fraction of sp³-hybridized carbons (Fsp3) is 0.143. The van der Waals surface area contributed by atoms with E-state index in [-0.39, 0.29) is 5.76 Å². The van der Waals surface area contributed by atoms with Gasteiger partial charge in [-0.3, -0.25) is 14.9 Å². The number of nitrogens with zero attached hydrogens (tertiary/aromatic N) is 1. The number of benzene rings is 1. The monoisotopic (exact) mass is 460 g/mol. The summed E-state index contributed by atoms with van der Waals surface area (Å²) in [6.07, 6.45) is 0. The van der Waals surface area contributed by atoms with Crippen LogP contribution in [0.15, 0.2) is 37.6 Å². The summed E-state index contributed by atoms with van der Waals surface area (Å²) in [5.41, 5.74) is 1.48. The largest absolute Gasteiger partial charge is 0.450 e. The van der Waals surface area contributed by atoms with E-state index in [0.29, 0.717) is 14.6 Å². The van der Waals surface area contributed by atoms with Crippen molar-refractivity contribution in [3.8, 4) is 0 Å². The number of halogens is 2. The van der Waals surface area contributed by atoms with Gasteiger partial charge < -0.3 is 14.5 Å². The number of amides is 1. The van der Waals surface area contributed by atoms with E-state index in [9.17, 15) is 19.7 Å². The highest BCUT2D eigenvalue weighted by Gasteiger charge is 2.19. The lowest BCUT2D eigenvalue weighted by Crippen LogP contribution is -2.21. The van der Waals surface area contributed by atoms with Gasteiger partial charge >= 0.3 is 11.9 Å². The first-order chi connectivity index (χ1) is 11.3. The summed E-state index contributed by atoms with van der Waals surface area (Å²) in [7, 11) is 0. The zero-order valence-electron chi connectivity index (χ0n) is 12.2. The number of hydrogen-bond acceptors (Lipinski definition) is 6. The lowest BCUT2D eigenvalue weighted by molar-refractivity contribution is -0.402. The standard InChI is InChI=1S/C14H10Br2N2O6/c1-7-4-8(15)13(9(16)5-7)17-11(19)6-23-14(20)10-2-3-12(24-10)18(21)22/h2-5H,6H2,1H3,(H,17,19). The molecule has 0 fully saturated rings. The molecule has 1 N–H and O–H groups in total. The molecule has 1 aromatic heterocycles. The van der Waals surface area contributed by atoms with Crippen molar-refractivity contribution in [3.05, 3.63) is 54.6 Å². The molecule has 1 heterocycles.